The molecule has 160 valence electrons. The van der Waals surface area contributed by atoms with Crippen LogP contribution in [-0.4, -0.2) is 20.5 Å². The van der Waals surface area contributed by atoms with Gasteiger partial charge in [0.15, 0.2) is 5.75 Å². The van der Waals surface area contributed by atoms with Crippen LogP contribution in [0.15, 0.2) is 75.1 Å². The van der Waals surface area contributed by atoms with Crippen molar-refractivity contribution in [3.05, 3.63) is 91.9 Å². The number of amides is 1. The predicted octanol–water partition coefficient (Wildman–Crippen LogP) is 5.60. The van der Waals surface area contributed by atoms with E-state index in [1.54, 1.807) is 30.3 Å². The standard InChI is InChI=1S/C21H15BrCl2N2O4S/c1-13-2-6-16(7-3-13)31(28,29)30-20-9-4-14(10-18(20)22)12-25-26-21(27)17-8-5-15(23)11-19(17)24/h2-12H,1H3,(H,26,27)/b25-12-. The summed E-state index contributed by atoms with van der Waals surface area (Å²) in [7, 11) is -3.97. The van der Waals surface area contributed by atoms with Gasteiger partial charge in [-0.05, 0) is 76.9 Å². The van der Waals surface area contributed by atoms with Crippen molar-refractivity contribution >= 4 is 61.4 Å². The SMILES string of the molecule is Cc1ccc(S(=O)(=O)Oc2ccc(/C=N\NC(=O)c3ccc(Cl)cc3Cl)cc2Br)cc1. The Kier molecular flexibility index (Phi) is 7.38. The molecule has 3 rings (SSSR count). The molecule has 0 atom stereocenters. The number of carbonyl (C=O) groups excluding carboxylic acids is 1. The first kappa shape index (κ1) is 23.3. The monoisotopic (exact) mass is 540 g/mol. The Morgan fingerprint density at radius 2 is 1.77 bits per heavy atom. The highest BCUT2D eigenvalue weighted by molar-refractivity contribution is 9.10. The van der Waals surface area contributed by atoms with Gasteiger partial charge in [-0.3, -0.25) is 4.79 Å². The number of benzene rings is 3. The van der Waals surface area contributed by atoms with Gasteiger partial charge < -0.3 is 4.18 Å². The van der Waals surface area contributed by atoms with Crippen LogP contribution in [0.2, 0.25) is 10.0 Å². The summed E-state index contributed by atoms with van der Waals surface area (Å²) in [6.45, 7) is 1.86. The normalized spacial score (nSPS) is 11.5. The summed E-state index contributed by atoms with van der Waals surface area (Å²) >= 11 is 15.1. The van der Waals surface area contributed by atoms with Gasteiger partial charge in [-0.2, -0.15) is 13.5 Å². The number of nitrogens with one attached hydrogen (secondary N) is 1. The van der Waals surface area contributed by atoms with Gasteiger partial charge in [0.05, 0.1) is 21.3 Å². The summed E-state index contributed by atoms with van der Waals surface area (Å²) in [5.41, 5.74) is 4.13. The van der Waals surface area contributed by atoms with Crippen molar-refractivity contribution in [2.24, 2.45) is 5.10 Å². The van der Waals surface area contributed by atoms with E-state index < -0.39 is 16.0 Å². The third-order valence-corrected chi connectivity index (χ3v) is 6.44. The van der Waals surface area contributed by atoms with E-state index >= 15 is 0 Å². The molecule has 10 heteroatoms. The molecule has 0 aromatic heterocycles. The zero-order valence-corrected chi connectivity index (χ0v) is 19.9. The number of hydrogen-bond donors (Lipinski definition) is 1. The maximum absolute atomic E-state index is 12.4. The largest absolute Gasteiger partial charge is 0.378 e. The lowest BCUT2D eigenvalue weighted by Gasteiger charge is -2.09. The van der Waals surface area contributed by atoms with Gasteiger partial charge >= 0.3 is 10.1 Å². The zero-order chi connectivity index (χ0) is 22.6. The van der Waals surface area contributed by atoms with E-state index in [2.05, 4.69) is 26.5 Å². The highest BCUT2D eigenvalue weighted by atomic mass is 79.9. The molecule has 0 aliphatic rings. The Hall–Kier alpha value is -2.39. The molecule has 1 N–H and O–H groups in total. The van der Waals surface area contributed by atoms with Crippen LogP contribution in [0.4, 0.5) is 0 Å². The fourth-order valence-electron chi connectivity index (χ4n) is 2.44. The molecule has 0 saturated heterocycles. The molecule has 3 aromatic carbocycles. The third kappa shape index (κ3) is 6.07. The molecule has 0 heterocycles. The minimum absolute atomic E-state index is 0.0548. The fraction of sp³-hybridized carbons (Fsp3) is 0.0476. The van der Waals surface area contributed by atoms with Crippen LogP contribution in [0.5, 0.6) is 5.75 Å². The van der Waals surface area contributed by atoms with Crippen molar-refractivity contribution in [2.75, 3.05) is 0 Å². The summed E-state index contributed by atoms with van der Waals surface area (Å²) < 4.78 is 30.5. The van der Waals surface area contributed by atoms with E-state index in [9.17, 15) is 13.2 Å². The minimum Gasteiger partial charge on any atom is -0.378 e. The van der Waals surface area contributed by atoms with E-state index in [1.165, 1.54) is 36.5 Å². The molecule has 0 unspecified atom stereocenters. The van der Waals surface area contributed by atoms with Crippen LogP contribution in [0.1, 0.15) is 21.5 Å². The summed E-state index contributed by atoms with van der Waals surface area (Å²) in [5, 5.41) is 4.51. The van der Waals surface area contributed by atoms with E-state index in [0.717, 1.165) is 5.56 Å². The first-order valence-corrected chi connectivity index (χ1v) is 11.7. The van der Waals surface area contributed by atoms with Gasteiger partial charge in [0, 0.05) is 5.02 Å². The quantitative estimate of drug-likeness (QED) is 0.250. The Morgan fingerprint density at radius 3 is 2.42 bits per heavy atom. The lowest BCUT2D eigenvalue weighted by Crippen LogP contribution is -2.18. The summed E-state index contributed by atoms with van der Waals surface area (Å²) in [6, 6.07) is 15.5. The molecule has 1 amide bonds. The van der Waals surface area contributed by atoms with Gasteiger partial charge in [-0.25, -0.2) is 5.43 Å². The average molecular weight is 542 g/mol. The fourth-order valence-corrected chi connectivity index (χ4v) is 4.46. The summed E-state index contributed by atoms with van der Waals surface area (Å²) in [4.78, 5) is 12.2. The lowest BCUT2D eigenvalue weighted by molar-refractivity contribution is 0.0955. The van der Waals surface area contributed by atoms with E-state index in [-0.39, 0.29) is 21.2 Å². The maximum atomic E-state index is 12.4. The number of rotatable bonds is 6. The predicted molar refractivity (Wildman–Crippen MR) is 125 cm³/mol. The number of hydrogen-bond acceptors (Lipinski definition) is 5. The molecular formula is C21H15BrCl2N2O4S. The first-order valence-electron chi connectivity index (χ1n) is 8.75. The number of nitrogens with zero attached hydrogens (tertiary/aromatic N) is 1. The highest BCUT2D eigenvalue weighted by Gasteiger charge is 2.18. The number of halogens is 3. The van der Waals surface area contributed by atoms with Gasteiger partial charge in [0.2, 0.25) is 0 Å². The van der Waals surface area contributed by atoms with Gasteiger partial charge in [-0.15, -0.1) is 0 Å². The van der Waals surface area contributed by atoms with Crippen LogP contribution in [0, 0.1) is 6.92 Å². The third-order valence-electron chi connectivity index (χ3n) is 4.02. The summed E-state index contributed by atoms with van der Waals surface area (Å²) in [5.74, 6) is -0.379. The van der Waals surface area contributed by atoms with E-state index in [4.69, 9.17) is 27.4 Å². The second kappa shape index (κ2) is 9.82. The molecule has 0 radical (unpaired) electrons. The Balaban J connectivity index is 1.69. The van der Waals surface area contributed by atoms with Crippen molar-refractivity contribution < 1.29 is 17.4 Å². The van der Waals surface area contributed by atoms with Gasteiger partial charge in [0.1, 0.15) is 4.90 Å². The average Bonchev–Trinajstić information content (AvgIpc) is 2.70. The minimum atomic E-state index is -3.97. The number of hydrazone groups is 1. The number of aryl methyl sites for hydroxylation is 1. The van der Waals surface area contributed by atoms with E-state index in [0.29, 0.717) is 15.1 Å². The molecule has 0 aliphatic carbocycles. The van der Waals surface area contributed by atoms with Crippen molar-refractivity contribution in [3.63, 3.8) is 0 Å². The molecule has 31 heavy (non-hydrogen) atoms. The lowest BCUT2D eigenvalue weighted by atomic mass is 10.2. The number of carbonyl (C=O) groups is 1. The smallest absolute Gasteiger partial charge is 0.339 e. The van der Waals surface area contributed by atoms with Crippen molar-refractivity contribution in [2.45, 2.75) is 11.8 Å². The molecule has 0 saturated carbocycles. The molecule has 0 bridgehead atoms. The van der Waals surface area contributed by atoms with Crippen LogP contribution in [-0.2, 0) is 10.1 Å². The zero-order valence-electron chi connectivity index (χ0n) is 16.0. The van der Waals surface area contributed by atoms with Crippen molar-refractivity contribution in [1.82, 2.24) is 5.43 Å². The van der Waals surface area contributed by atoms with E-state index in [1.807, 2.05) is 6.92 Å². The summed E-state index contributed by atoms with van der Waals surface area (Å²) in [6.07, 6.45) is 1.39. The Morgan fingerprint density at radius 1 is 1.06 bits per heavy atom. The van der Waals surface area contributed by atoms with Crippen LogP contribution >= 0.6 is 39.1 Å². The molecule has 0 spiro atoms. The van der Waals surface area contributed by atoms with Crippen molar-refractivity contribution in [1.29, 1.82) is 0 Å². The molecule has 0 aliphatic heterocycles. The highest BCUT2D eigenvalue weighted by Crippen LogP contribution is 2.28. The second-order valence-corrected chi connectivity index (χ2v) is 9.61. The topological polar surface area (TPSA) is 84.8 Å². The Labute approximate surface area is 198 Å². The van der Waals surface area contributed by atoms with Crippen molar-refractivity contribution in [3.8, 4) is 5.75 Å². The van der Waals surface area contributed by atoms with Gasteiger partial charge in [0.25, 0.3) is 5.91 Å². The van der Waals surface area contributed by atoms with Crippen LogP contribution in [0.3, 0.4) is 0 Å². The molecule has 6 nitrogen and oxygen atoms in total. The van der Waals surface area contributed by atoms with Gasteiger partial charge in [-0.1, -0.05) is 40.9 Å². The van der Waals surface area contributed by atoms with Crippen LogP contribution in [0.25, 0.3) is 0 Å². The van der Waals surface area contributed by atoms with Crippen LogP contribution < -0.4 is 9.61 Å². The first-order chi connectivity index (χ1) is 14.7. The Bertz CT molecular complexity index is 1260. The molecule has 3 aromatic rings. The molecule has 0 fully saturated rings. The molecular weight excluding hydrogens is 527 g/mol. The second-order valence-electron chi connectivity index (χ2n) is 6.36. The maximum Gasteiger partial charge on any atom is 0.339 e.